The smallest absolute Gasteiger partial charge is 0.306 e. The molecule has 0 aromatic carbocycles. The minimum atomic E-state index is -0.748. The number of rotatable bonds is 4. The van der Waals surface area contributed by atoms with E-state index >= 15 is 0 Å². The van der Waals surface area contributed by atoms with Gasteiger partial charge in [-0.05, 0) is 25.7 Å². The van der Waals surface area contributed by atoms with Crippen LogP contribution in [-0.2, 0) is 4.79 Å². The summed E-state index contributed by atoms with van der Waals surface area (Å²) in [4.78, 5) is 10.8. The molecule has 0 unspecified atom stereocenters. The van der Waals surface area contributed by atoms with E-state index in [4.69, 9.17) is 5.11 Å². The molecule has 17 heavy (non-hydrogen) atoms. The first-order chi connectivity index (χ1) is 8.09. The third-order valence-electron chi connectivity index (χ3n) is 3.07. The van der Waals surface area contributed by atoms with E-state index < -0.39 is 11.6 Å². The summed E-state index contributed by atoms with van der Waals surface area (Å²) in [6.45, 7) is 0. The van der Waals surface area contributed by atoms with Crippen molar-refractivity contribution in [1.82, 2.24) is 10.2 Å². The van der Waals surface area contributed by atoms with Crippen LogP contribution < -0.4 is 0 Å². The fraction of sp³-hybridized carbons (Fsp3) is 0.700. The summed E-state index contributed by atoms with van der Waals surface area (Å²) in [5.74, 6) is -0.472. The summed E-state index contributed by atoms with van der Waals surface area (Å²) >= 11 is 2.94. The van der Waals surface area contributed by atoms with Gasteiger partial charge in [0.25, 0.3) is 0 Å². The molecule has 0 amide bonds. The lowest BCUT2D eigenvalue weighted by atomic mass is 9.80. The number of aliphatic carboxylic acids is 1. The van der Waals surface area contributed by atoms with E-state index in [1.807, 2.05) is 0 Å². The third kappa shape index (κ3) is 3.40. The first-order valence-corrected chi connectivity index (χ1v) is 7.30. The van der Waals surface area contributed by atoms with Crippen LogP contribution in [0.2, 0.25) is 0 Å². The molecule has 0 atom stereocenters. The summed E-state index contributed by atoms with van der Waals surface area (Å²) in [5, 5.41) is 26.8. The quantitative estimate of drug-likeness (QED) is 0.812. The minimum Gasteiger partial charge on any atom is -0.481 e. The second-order valence-electron chi connectivity index (χ2n) is 4.33. The van der Waals surface area contributed by atoms with Crippen molar-refractivity contribution < 1.29 is 15.0 Å². The van der Waals surface area contributed by atoms with Crippen LogP contribution in [0.4, 0.5) is 0 Å². The van der Waals surface area contributed by atoms with Crippen molar-refractivity contribution in [2.75, 3.05) is 5.75 Å². The molecular formula is C10H14N2O3S2. The van der Waals surface area contributed by atoms with Gasteiger partial charge in [0, 0.05) is 5.75 Å². The van der Waals surface area contributed by atoms with Gasteiger partial charge in [0.15, 0.2) is 4.34 Å². The predicted molar refractivity (Wildman–Crippen MR) is 65.2 cm³/mol. The Morgan fingerprint density at radius 2 is 2.29 bits per heavy atom. The SMILES string of the molecule is O=C(O)C1CCC(O)(CSc2nncs2)CC1. The third-order valence-corrected chi connectivity index (χ3v) is 5.21. The number of aliphatic hydroxyl groups is 1. The molecule has 0 aliphatic heterocycles. The number of carboxylic acids is 1. The lowest BCUT2D eigenvalue weighted by molar-refractivity contribution is -0.144. The zero-order valence-electron chi connectivity index (χ0n) is 9.20. The first kappa shape index (κ1) is 12.8. The number of aromatic nitrogens is 2. The molecule has 1 aromatic heterocycles. The summed E-state index contributed by atoms with van der Waals surface area (Å²) in [7, 11) is 0. The van der Waals surface area contributed by atoms with E-state index in [0.29, 0.717) is 31.4 Å². The summed E-state index contributed by atoms with van der Waals surface area (Å²) in [5.41, 5.74) is 0.913. The zero-order chi connectivity index (χ0) is 12.3. The number of carboxylic acid groups (broad SMARTS) is 1. The summed E-state index contributed by atoms with van der Waals surface area (Å²) in [6.07, 6.45) is 2.22. The highest BCUT2D eigenvalue weighted by molar-refractivity contribution is 8.01. The van der Waals surface area contributed by atoms with Gasteiger partial charge in [-0.25, -0.2) is 0 Å². The van der Waals surface area contributed by atoms with Gasteiger partial charge in [-0.15, -0.1) is 10.2 Å². The average Bonchev–Trinajstić information content (AvgIpc) is 2.80. The number of nitrogens with zero attached hydrogens (tertiary/aromatic N) is 2. The topological polar surface area (TPSA) is 83.3 Å². The molecule has 0 bridgehead atoms. The van der Waals surface area contributed by atoms with Gasteiger partial charge in [0.05, 0.1) is 11.5 Å². The Morgan fingerprint density at radius 3 is 2.82 bits per heavy atom. The van der Waals surface area contributed by atoms with Crippen molar-refractivity contribution in [3.8, 4) is 0 Å². The molecule has 1 aromatic rings. The van der Waals surface area contributed by atoms with E-state index in [1.54, 1.807) is 5.51 Å². The second-order valence-corrected chi connectivity index (χ2v) is 6.39. The zero-order valence-corrected chi connectivity index (χ0v) is 10.8. The van der Waals surface area contributed by atoms with Gasteiger partial charge >= 0.3 is 5.97 Å². The van der Waals surface area contributed by atoms with Crippen LogP contribution in [0.15, 0.2) is 9.85 Å². The van der Waals surface area contributed by atoms with Crippen LogP contribution in [-0.4, -0.2) is 37.7 Å². The highest BCUT2D eigenvalue weighted by Gasteiger charge is 2.35. The second kappa shape index (κ2) is 5.32. The standard InChI is InChI=1S/C10H14N2O3S2/c13-8(14)7-1-3-10(15,4-2-7)5-16-9-12-11-6-17-9/h6-7,15H,1-5H2,(H,13,14). The Labute approximate surface area is 107 Å². The van der Waals surface area contributed by atoms with Gasteiger partial charge in [-0.2, -0.15) is 0 Å². The van der Waals surface area contributed by atoms with Gasteiger partial charge in [-0.3, -0.25) is 4.79 Å². The molecule has 2 N–H and O–H groups in total. The predicted octanol–water partition coefficient (Wildman–Crippen LogP) is 1.64. The van der Waals surface area contributed by atoms with E-state index in [0.717, 1.165) is 4.34 Å². The maximum Gasteiger partial charge on any atom is 0.306 e. The van der Waals surface area contributed by atoms with E-state index in [2.05, 4.69) is 10.2 Å². The van der Waals surface area contributed by atoms with Crippen molar-refractivity contribution >= 4 is 29.1 Å². The van der Waals surface area contributed by atoms with Gasteiger partial charge < -0.3 is 10.2 Å². The molecule has 2 rings (SSSR count). The highest BCUT2D eigenvalue weighted by Crippen LogP contribution is 2.36. The number of hydrogen-bond donors (Lipinski definition) is 2. The molecule has 0 spiro atoms. The molecule has 0 saturated heterocycles. The number of carbonyl (C=O) groups is 1. The molecule has 1 heterocycles. The highest BCUT2D eigenvalue weighted by atomic mass is 32.2. The first-order valence-electron chi connectivity index (χ1n) is 5.43. The van der Waals surface area contributed by atoms with Crippen molar-refractivity contribution in [2.24, 2.45) is 5.92 Å². The fourth-order valence-electron chi connectivity index (χ4n) is 1.97. The van der Waals surface area contributed by atoms with Crippen molar-refractivity contribution in [2.45, 2.75) is 35.6 Å². The van der Waals surface area contributed by atoms with Crippen LogP contribution in [0, 0.1) is 5.92 Å². The largest absolute Gasteiger partial charge is 0.481 e. The Kier molecular flexibility index (Phi) is 4.01. The normalized spacial score (nSPS) is 29.1. The lowest BCUT2D eigenvalue weighted by Gasteiger charge is -2.34. The van der Waals surface area contributed by atoms with E-state index in [1.165, 1.54) is 23.1 Å². The van der Waals surface area contributed by atoms with Crippen LogP contribution >= 0.6 is 23.1 Å². The van der Waals surface area contributed by atoms with Crippen LogP contribution in [0.1, 0.15) is 25.7 Å². The fourth-order valence-corrected chi connectivity index (χ4v) is 3.61. The van der Waals surface area contributed by atoms with Crippen molar-refractivity contribution in [3.63, 3.8) is 0 Å². The molecule has 1 aliphatic rings. The Bertz CT molecular complexity index is 375. The Morgan fingerprint density at radius 1 is 1.59 bits per heavy atom. The Hall–Kier alpha value is -0.660. The number of hydrogen-bond acceptors (Lipinski definition) is 6. The average molecular weight is 274 g/mol. The molecule has 94 valence electrons. The van der Waals surface area contributed by atoms with E-state index in [9.17, 15) is 9.90 Å². The van der Waals surface area contributed by atoms with Crippen molar-refractivity contribution in [3.05, 3.63) is 5.51 Å². The maximum atomic E-state index is 10.8. The summed E-state index contributed by atoms with van der Waals surface area (Å²) < 4.78 is 0.846. The molecule has 1 saturated carbocycles. The maximum absolute atomic E-state index is 10.8. The lowest BCUT2D eigenvalue weighted by Crippen LogP contribution is -2.38. The molecule has 0 radical (unpaired) electrons. The van der Waals surface area contributed by atoms with Gasteiger partial charge in [0.2, 0.25) is 0 Å². The van der Waals surface area contributed by atoms with E-state index in [-0.39, 0.29) is 5.92 Å². The summed E-state index contributed by atoms with van der Waals surface area (Å²) in [6, 6.07) is 0. The molecule has 7 heteroatoms. The minimum absolute atomic E-state index is 0.290. The Balaban J connectivity index is 1.83. The monoisotopic (exact) mass is 274 g/mol. The van der Waals surface area contributed by atoms with Gasteiger partial charge in [-0.1, -0.05) is 23.1 Å². The molecule has 1 fully saturated rings. The molecule has 5 nitrogen and oxygen atoms in total. The molecular weight excluding hydrogens is 260 g/mol. The molecule has 1 aliphatic carbocycles. The number of thioether (sulfide) groups is 1. The van der Waals surface area contributed by atoms with Crippen molar-refractivity contribution in [1.29, 1.82) is 0 Å². The van der Waals surface area contributed by atoms with Crippen LogP contribution in [0.3, 0.4) is 0 Å². The van der Waals surface area contributed by atoms with Crippen LogP contribution in [0.5, 0.6) is 0 Å². The van der Waals surface area contributed by atoms with Gasteiger partial charge in [0.1, 0.15) is 5.51 Å². The van der Waals surface area contributed by atoms with Crippen LogP contribution in [0.25, 0.3) is 0 Å².